The summed E-state index contributed by atoms with van der Waals surface area (Å²) in [6.45, 7) is 0. The molecule has 0 bridgehead atoms. The van der Waals surface area contributed by atoms with Gasteiger partial charge in [-0.2, -0.15) is 0 Å². The van der Waals surface area contributed by atoms with E-state index in [-0.39, 0.29) is 42.6 Å². The predicted octanol–water partition coefficient (Wildman–Crippen LogP) is 4.63. The molecule has 1 fully saturated rings. The molecule has 3 aliphatic carbocycles. The van der Waals surface area contributed by atoms with Crippen molar-refractivity contribution in [3.8, 4) is 0 Å². The second-order valence-corrected chi connectivity index (χ2v) is 6.66. The van der Waals surface area contributed by atoms with Gasteiger partial charge < -0.3 is 5.73 Å². The van der Waals surface area contributed by atoms with Crippen LogP contribution in [0.15, 0.2) is 41.5 Å². The Morgan fingerprint density at radius 1 is 1.09 bits per heavy atom. The van der Waals surface area contributed by atoms with E-state index in [1.54, 1.807) is 5.57 Å². The van der Waals surface area contributed by atoms with Crippen LogP contribution in [0.4, 0.5) is 0 Å². The van der Waals surface area contributed by atoms with Crippen LogP contribution in [-0.2, 0) is 4.79 Å². The molecule has 0 aromatic heterocycles. The number of benzene rings is 1. The van der Waals surface area contributed by atoms with Crippen molar-refractivity contribution >= 4 is 36.8 Å². The van der Waals surface area contributed by atoms with Gasteiger partial charge in [0.1, 0.15) is 0 Å². The van der Waals surface area contributed by atoms with E-state index in [9.17, 15) is 4.79 Å². The summed E-state index contributed by atoms with van der Waals surface area (Å²) in [5, 5.41) is 0. The highest BCUT2D eigenvalue weighted by molar-refractivity contribution is 5.87. The molecule has 124 valence electrons. The SMILES string of the molecule is Cl.Cl.NC(=O)C1c2ccccc2C=C2C=C3CCCCC3CC21. The monoisotopic (exact) mass is 351 g/mol. The van der Waals surface area contributed by atoms with Crippen LogP contribution in [-0.4, -0.2) is 5.91 Å². The fraction of sp³-hybridized carbons (Fsp3) is 0.421. The number of fused-ring (bicyclic) bond motifs is 3. The van der Waals surface area contributed by atoms with Crippen LogP contribution in [0.5, 0.6) is 0 Å². The Hall–Kier alpha value is -1.25. The lowest BCUT2D eigenvalue weighted by molar-refractivity contribution is -0.120. The molecule has 2 nitrogen and oxygen atoms in total. The molecular formula is C19H23Cl2NO. The zero-order chi connectivity index (χ0) is 14.4. The van der Waals surface area contributed by atoms with Crippen molar-refractivity contribution in [2.24, 2.45) is 17.6 Å². The van der Waals surface area contributed by atoms with Gasteiger partial charge in [0.2, 0.25) is 5.91 Å². The maximum absolute atomic E-state index is 12.1. The van der Waals surface area contributed by atoms with E-state index >= 15 is 0 Å². The van der Waals surface area contributed by atoms with Gasteiger partial charge in [0.15, 0.2) is 0 Å². The molecule has 1 aromatic rings. The number of carbonyl (C=O) groups excluding carboxylic acids is 1. The third-order valence-corrected chi connectivity index (χ3v) is 5.47. The second kappa shape index (κ2) is 7.11. The van der Waals surface area contributed by atoms with E-state index < -0.39 is 0 Å². The van der Waals surface area contributed by atoms with Crippen molar-refractivity contribution in [2.75, 3.05) is 0 Å². The van der Waals surface area contributed by atoms with Gasteiger partial charge in [0.05, 0.1) is 5.92 Å². The minimum Gasteiger partial charge on any atom is -0.369 e. The minimum atomic E-state index is -0.175. The fourth-order valence-electron chi connectivity index (χ4n) is 4.48. The predicted molar refractivity (Wildman–Crippen MR) is 99.0 cm³/mol. The third kappa shape index (κ3) is 3.07. The average Bonchev–Trinajstić information content (AvgIpc) is 2.50. The molecule has 0 saturated heterocycles. The first-order valence-corrected chi connectivity index (χ1v) is 8.04. The average molecular weight is 352 g/mol. The summed E-state index contributed by atoms with van der Waals surface area (Å²) >= 11 is 0. The Labute approximate surface area is 150 Å². The topological polar surface area (TPSA) is 43.1 Å². The highest BCUT2D eigenvalue weighted by Crippen LogP contribution is 2.49. The van der Waals surface area contributed by atoms with Crippen molar-refractivity contribution in [1.29, 1.82) is 0 Å². The van der Waals surface area contributed by atoms with Crippen LogP contribution in [0, 0.1) is 11.8 Å². The van der Waals surface area contributed by atoms with E-state index in [0.717, 1.165) is 12.0 Å². The Bertz CT molecular complexity index is 665. The number of amides is 1. The quantitative estimate of drug-likeness (QED) is 0.787. The van der Waals surface area contributed by atoms with Crippen LogP contribution in [0.25, 0.3) is 6.08 Å². The van der Waals surface area contributed by atoms with E-state index in [1.807, 2.05) is 12.1 Å². The van der Waals surface area contributed by atoms with E-state index in [0.29, 0.717) is 5.92 Å². The molecule has 0 radical (unpaired) electrons. The summed E-state index contributed by atoms with van der Waals surface area (Å²) in [5.74, 6) is 0.629. The van der Waals surface area contributed by atoms with Gasteiger partial charge >= 0.3 is 0 Å². The first kappa shape index (κ1) is 18.1. The molecule has 3 aliphatic rings. The lowest BCUT2D eigenvalue weighted by atomic mass is 9.64. The van der Waals surface area contributed by atoms with Crippen molar-refractivity contribution in [1.82, 2.24) is 0 Å². The third-order valence-electron chi connectivity index (χ3n) is 5.47. The van der Waals surface area contributed by atoms with Crippen molar-refractivity contribution < 1.29 is 4.79 Å². The molecule has 3 atom stereocenters. The Morgan fingerprint density at radius 3 is 2.65 bits per heavy atom. The van der Waals surface area contributed by atoms with Crippen LogP contribution in [0.3, 0.4) is 0 Å². The van der Waals surface area contributed by atoms with Gasteiger partial charge in [-0.1, -0.05) is 48.4 Å². The molecule has 1 saturated carbocycles. The summed E-state index contributed by atoms with van der Waals surface area (Å²) in [5.41, 5.74) is 11.0. The normalized spacial score (nSPS) is 27.7. The van der Waals surface area contributed by atoms with Gasteiger partial charge in [-0.15, -0.1) is 24.8 Å². The molecule has 2 N–H and O–H groups in total. The van der Waals surface area contributed by atoms with Gasteiger partial charge in [-0.25, -0.2) is 0 Å². The lowest BCUT2D eigenvalue weighted by Gasteiger charge is -2.40. The zero-order valence-electron chi connectivity index (χ0n) is 13.0. The van der Waals surface area contributed by atoms with E-state index in [1.165, 1.54) is 36.8 Å². The van der Waals surface area contributed by atoms with Crippen LogP contribution in [0.1, 0.15) is 49.1 Å². The standard InChI is InChI=1S/C19H21NO.2ClH/c20-19(21)18-16-8-4-3-7-14(16)10-15-9-12-5-1-2-6-13(12)11-17(15)18;;/h3-4,7-10,13,17-18H,1-2,5-6,11H2,(H2,20,21);2*1H. The Morgan fingerprint density at radius 2 is 1.87 bits per heavy atom. The van der Waals surface area contributed by atoms with Crippen molar-refractivity contribution in [3.63, 3.8) is 0 Å². The molecule has 3 unspecified atom stereocenters. The highest BCUT2D eigenvalue weighted by Gasteiger charge is 2.39. The molecule has 4 heteroatoms. The number of primary amides is 1. The highest BCUT2D eigenvalue weighted by atomic mass is 35.5. The summed E-state index contributed by atoms with van der Waals surface area (Å²) < 4.78 is 0. The summed E-state index contributed by atoms with van der Waals surface area (Å²) in [6.07, 6.45) is 10.9. The van der Waals surface area contributed by atoms with Crippen molar-refractivity contribution in [3.05, 3.63) is 52.6 Å². The van der Waals surface area contributed by atoms with E-state index in [2.05, 4.69) is 24.3 Å². The number of carbonyl (C=O) groups is 1. The molecule has 0 spiro atoms. The molecule has 1 amide bonds. The maximum atomic E-state index is 12.1. The Balaban J connectivity index is 0.000000960. The number of halogens is 2. The van der Waals surface area contributed by atoms with Crippen LogP contribution >= 0.6 is 24.8 Å². The van der Waals surface area contributed by atoms with Gasteiger partial charge in [-0.05, 0) is 48.3 Å². The minimum absolute atomic E-state index is 0. The van der Waals surface area contributed by atoms with E-state index in [4.69, 9.17) is 5.73 Å². The lowest BCUT2D eigenvalue weighted by Crippen LogP contribution is -2.35. The fourth-order valence-corrected chi connectivity index (χ4v) is 4.48. The summed E-state index contributed by atoms with van der Waals surface area (Å²) in [6, 6.07) is 8.21. The number of allylic oxidation sites excluding steroid dienone is 3. The first-order chi connectivity index (χ1) is 10.2. The molecule has 23 heavy (non-hydrogen) atoms. The number of hydrogen-bond donors (Lipinski definition) is 1. The largest absolute Gasteiger partial charge is 0.369 e. The van der Waals surface area contributed by atoms with Crippen molar-refractivity contribution in [2.45, 2.75) is 38.0 Å². The number of rotatable bonds is 1. The molecule has 0 aliphatic heterocycles. The van der Waals surface area contributed by atoms with Gasteiger partial charge in [0.25, 0.3) is 0 Å². The first-order valence-electron chi connectivity index (χ1n) is 8.04. The van der Waals surface area contributed by atoms with Gasteiger partial charge in [-0.3, -0.25) is 4.79 Å². The number of nitrogens with two attached hydrogens (primary N) is 1. The summed E-state index contributed by atoms with van der Waals surface area (Å²) in [7, 11) is 0. The zero-order valence-corrected chi connectivity index (χ0v) is 14.7. The molecular weight excluding hydrogens is 329 g/mol. The molecule has 4 rings (SSSR count). The molecule has 0 heterocycles. The smallest absolute Gasteiger partial charge is 0.225 e. The Kier molecular flexibility index (Phi) is 5.59. The summed E-state index contributed by atoms with van der Waals surface area (Å²) in [4.78, 5) is 12.1. The molecule has 1 aromatic carbocycles. The van der Waals surface area contributed by atoms with Crippen LogP contribution < -0.4 is 5.73 Å². The number of hydrogen-bond acceptors (Lipinski definition) is 1. The second-order valence-electron chi connectivity index (χ2n) is 6.66. The van der Waals surface area contributed by atoms with Gasteiger partial charge in [0, 0.05) is 5.92 Å². The maximum Gasteiger partial charge on any atom is 0.225 e. The van der Waals surface area contributed by atoms with Crippen LogP contribution in [0.2, 0.25) is 0 Å².